The Morgan fingerprint density at radius 2 is 1.81 bits per heavy atom. The lowest BCUT2D eigenvalue weighted by molar-refractivity contribution is 0.237. The number of nitrogens with one attached hydrogen (secondary N) is 1. The predicted molar refractivity (Wildman–Crippen MR) is 107 cm³/mol. The van der Waals surface area contributed by atoms with Crippen LogP contribution in [-0.4, -0.2) is 21.0 Å². The van der Waals surface area contributed by atoms with Gasteiger partial charge < -0.3 is 14.6 Å². The molecular formula is C21H21N3OS. The average Bonchev–Trinajstić information content (AvgIpc) is 3.27. The summed E-state index contributed by atoms with van der Waals surface area (Å²) in [6.45, 7) is 4.28. The molecule has 1 aliphatic heterocycles. The summed E-state index contributed by atoms with van der Waals surface area (Å²) in [5, 5.41) is 4.17. The zero-order valence-electron chi connectivity index (χ0n) is 14.8. The van der Waals surface area contributed by atoms with E-state index in [0.29, 0.717) is 0 Å². The fourth-order valence-corrected chi connectivity index (χ4v) is 3.95. The smallest absolute Gasteiger partial charge is 0.170 e. The van der Waals surface area contributed by atoms with Crippen molar-refractivity contribution in [2.45, 2.75) is 32.0 Å². The molecule has 0 spiro atoms. The second kappa shape index (κ2) is 6.92. The second-order valence-corrected chi connectivity index (χ2v) is 7.08. The number of hydrogen-bond acceptors (Lipinski definition) is 3. The molecule has 3 aromatic rings. The van der Waals surface area contributed by atoms with Crippen LogP contribution in [-0.2, 0) is 0 Å². The van der Waals surface area contributed by atoms with E-state index in [1.807, 2.05) is 54.7 Å². The van der Waals surface area contributed by atoms with Gasteiger partial charge in [-0.15, -0.1) is 0 Å². The minimum Gasteiger partial charge on any atom is -0.459 e. The first-order valence-electron chi connectivity index (χ1n) is 8.80. The van der Waals surface area contributed by atoms with Crippen molar-refractivity contribution in [1.82, 2.24) is 15.2 Å². The van der Waals surface area contributed by atoms with Crippen LogP contribution in [0.25, 0.3) is 11.3 Å². The Kier molecular flexibility index (Phi) is 4.47. The van der Waals surface area contributed by atoms with Crippen LogP contribution in [0.1, 0.15) is 37.4 Å². The third-order valence-corrected chi connectivity index (χ3v) is 5.00. The van der Waals surface area contributed by atoms with E-state index >= 15 is 0 Å². The maximum Gasteiger partial charge on any atom is 0.170 e. The van der Waals surface area contributed by atoms with Gasteiger partial charge in [-0.3, -0.25) is 4.98 Å². The van der Waals surface area contributed by atoms with Crippen molar-refractivity contribution in [1.29, 1.82) is 0 Å². The largest absolute Gasteiger partial charge is 0.459 e. The Morgan fingerprint density at radius 1 is 1.04 bits per heavy atom. The molecular weight excluding hydrogens is 342 g/mol. The number of pyridine rings is 1. The van der Waals surface area contributed by atoms with Gasteiger partial charge in [0.1, 0.15) is 17.6 Å². The standard InChI is InChI=1S/C21H21N3OS/c1-14(2)24-20(19(23-21(24)26)16-10-6-7-13-22-16)18-12-11-17(25-18)15-8-4-3-5-9-15/h3-14,19-20H,1-2H3,(H,23,26). The summed E-state index contributed by atoms with van der Waals surface area (Å²) in [5.74, 6) is 1.75. The molecule has 2 unspecified atom stereocenters. The molecule has 4 nitrogen and oxygen atoms in total. The lowest BCUT2D eigenvalue weighted by atomic mass is 10.0. The number of thiocarbonyl (C=S) groups is 1. The van der Waals surface area contributed by atoms with Gasteiger partial charge in [0.05, 0.1) is 11.7 Å². The van der Waals surface area contributed by atoms with Gasteiger partial charge in [-0.2, -0.15) is 0 Å². The predicted octanol–water partition coefficient (Wildman–Crippen LogP) is 4.72. The quantitative estimate of drug-likeness (QED) is 0.679. The van der Waals surface area contributed by atoms with Gasteiger partial charge in [0, 0.05) is 17.8 Å². The van der Waals surface area contributed by atoms with Gasteiger partial charge in [-0.1, -0.05) is 36.4 Å². The van der Waals surface area contributed by atoms with Gasteiger partial charge in [0.25, 0.3) is 0 Å². The zero-order chi connectivity index (χ0) is 18.1. The van der Waals surface area contributed by atoms with Gasteiger partial charge in [-0.25, -0.2) is 0 Å². The topological polar surface area (TPSA) is 41.3 Å². The minimum atomic E-state index is -0.0409. The highest BCUT2D eigenvalue weighted by molar-refractivity contribution is 7.80. The van der Waals surface area contributed by atoms with Crippen molar-refractivity contribution in [2.75, 3.05) is 0 Å². The van der Waals surface area contributed by atoms with Gasteiger partial charge >= 0.3 is 0 Å². The molecule has 1 fully saturated rings. The summed E-state index contributed by atoms with van der Waals surface area (Å²) in [6, 6.07) is 20.3. The summed E-state index contributed by atoms with van der Waals surface area (Å²) in [7, 11) is 0. The van der Waals surface area contributed by atoms with Crippen LogP contribution in [0.4, 0.5) is 0 Å². The van der Waals surface area contributed by atoms with Crippen molar-refractivity contribution in [3.8, 4) is 11.3 Å². The molecule has 4 rings (SSSR count). The SMILES string of the molecule is CC(C)N1C(=S)NC(c2ccccn2)C1c1ccc(-c2ccccc2)o1. The van der Waals surface area contributed by atoms with Gasteiger partial charge in [0.2, 0.25) is 0 Å². The van der Waals surface area contributed by atoms with E-state index in [1.54, 1.807) is 0 Å². The average molecular weight is 363 g/mol. The minimum absolute atomic E-state index is 0.0325. The highest BCUT2D eigenvalue weighted by atomic mass is 32.1. The van der Waals surface area contributed by atoms with Crippen LogP contribution >= 0.6 is 12.2 Å². The highest BCUT2D eigenvalue weighted by Gasteiger charge is 2.42. The Balaban J connectivity index is 1.75. The summed E-state index contributed by atoms with van der Waals surface area (Å²) >= 11 is 5.62. The first-order chi connectivity index (χ1) is 12.6. The molecule has 0 amide bonds. The normalized spacial score (nSPS) is 19.8. The maximum absolute atomic E-state index is 6.27. The summed E-state index contributed by atoms with van der Waals surface area (Å²) < 4.78 is 6.27. The fourth-order valence-electron chi connectivity index (χ4n) is 3.50. The number of furan rings is 1. The Bertz CT molecular complexity index is 892. The van der Waals surface area contributed by atoms with E-state index in [2.05, 4.69) is 41.2 Å². The van der Waals surface area contributed by atoms with E-state index in [9.17, 15) is 0 Å². The molecule has 0 saturated carbocycles. The third-order valence-electron chi connectivity index (χ3n) is 4.67. The summed E-state index contributed by atoms with van der Waals surface area (Å²) in [5.41, 5.74) is 2.03. The summed E-state index contributed by atoms with van der Waals surface area (Å²) in [4.78, 5) is 6.74. The van der Waals surface area contributed by atoms with Crippen molar-refractivity contribution in [3.05, 3.63) is 78.3 Å². The monoisotopic (exact) mass is 363 g/mol. The van der Waals surface area contributed by atoms with Crippen LogP contribution in [0.5, 0.6) is 0 Å². The number of hydrogen-bond donors (Lipinski definition) is 1. The highest BCUT2D eigenvalue weighted by Crippen LogP contribution is 2.41. The van der Waals surface area contributed by atoms with E-state index in [0.717, 1.165) is 27.9 Å². The van der Waals surface area contributed by atoms with Gasteiger partial charge in [-0.05, 0) is 50.3 Å². The van der Waals surface area contributed by atoms with Crippen LogP contribution in [0.3, 0.4) is 0 Å². The van der Waals surface area contributed by atoms with Crippen molar-refractivity contribution >= 4 is 17.3 Å². The lowest BCUT2D eigenvalue weighted by Crippen LogP contribution is -2.35. The van der Waals surface area contributed by atoms with E-state index < -0.39 is 0 Å². The van der Waals surface area contributed by atoms with Crippen molar-refractivity contribution < 1.29 is 4.42 Å². The van der Waals surface area contributed by atoms with Crippen molar-refractivity contribution in [2.24, 2.45) is 0 Å². The number of rotatable bonds is 4. The van der Waals surface area contributed by atoms with Crippen molar-refractivity contribution in [3.63, 3.8) is 0 Å². The first kappa shape index (κ1) is 16.8. The Labute approximate surface area is 158 Å². The van der Waals surface area contributed by atoms with Crippen LogP contribution in [0.2, 0.25) is 0 Å². The van der Waals surface area contributed by atoms with E-state index in [4.69, 9.17) is 16.6 Å². The van der Waals surface area contributed by atoms with Crippen LogP contribution in [0, 0.1) is 0 Å². The van der Waals surface area contributed by atoms with Crippen LogP contribution in [0.15, 0.2) is 71.3 Å². The van der Waals surface area contributed by atoms with E-state index in [-0.39, 0.29) is 18.1 Å². The number of aromatic nitrogens is 1. The molecule has 1 aromatic carbocycles. The molecule has 26 heavy (non-hydrogen) atoms. The molecule has 2 atom stereocenters. The molecule has 1 N–H and O–H groups in total. The third kappa shape index (κ3) is 2.99. The fraction of sp³-hybridized carbons (Fsp3) is 0.238. The molecule has 1 aliphatic rings. The number of nitrogens with zero attached hydrogens (tertiary/aromatic N) is 2. The molecule has 2 aromatic heterocycles. The van der Waals surface area contributed by atoms with E-state index in [1.165, 1.54) is 0 Å². The Hall–Kier alpha value is -2.66. The second-order valence-electron chi connectivity index (χ2n) is 6.70. The maximum atomic E-state index is 6.27. The Morgan fingerprint density at radius 3 is 2.50 bits per heavy atom. The molecule has 0 aliphatic carbocycles. The molecule has 5 heteroatoms. The first-order valence-corrected chi connectivity index (χ1v) is 9.21. The van der Waals surface area contributed by atoms with Crippen LogP contribution < -0.4 is 5.32 Å². The molecule has 3 heterocycles. The molecule has 1 saturated heterocycles. The van der Waals surface area contributed by atoms with Gasteiger partial charge in [0.15, 0.2) is 5.11 Å². The number of benzene rings is 1. The lowest BCUT2D eigenvalue weighted by Gasteiger charge is -2.29. The molecule has 0 bridgehead atoms. The molecule has 132 valence electrons. The summed E-state index contributed by atoms with van der Waals surface area (Å²) in [6.07, 6.45) is 1.81. The zero-order valence-corrected chi connectivity index (χ0v) is 15.6. The molecule has 0 radical (unpaired) electrons.